The molecule has 0 atom stereocenters. The van der Waals surface area contributed by atoms with Gasteiger partial charge in [-0.15, -0.1) is 0 Å². The van der Waals surface area contributed by atoms with E-state index in [0.717, 1.165) is 0 Å². The molecule has 0 aromatic heterocycles. The fourth-order valence-electron chi connectivity index (χ4n) is 1.81. The molecule has 0 unspecified atom stereocenters. The Morgan fingerprint density at radius 1 is 1.32 bits per heavy atom. The third-order valence-corrected chi connectivity index (χ3v) is 4.41. The summed E-state index contributed by atoms with van der Waals surface area (Å²) in [5, 5.41) is 0. The number of ether oxygens (including phenoxy) is 1. The summed E-state index contributed by atoms with van der Waals surface area (Å²) >= 11 is 0. The van der Waals surface area contributed by atoms with Crippen molar-refractivity contribution in [1.29, 1.82) is 0 Å². The van der Waals surface area contributed by atoms with Crippen molar-refractivity contribution < 1.29 is 13.2 Å². The summed E-state index contributed by atoms with van der Waals surface area (Å²) in [6.45, 7) is 6.39. The third kappa shape index (κ3) is 3.84. The molecule has 0 radical (unpaired) electrons. The highest BCUT2D eigenvalue weighted by molar-refractivity contribution is 7.89. The van der Waals surface area contributed by atoms with Crippen LogP contribution in [-0.2, 0) is 10.0 Å². The van der Waals surface area contributed by atoms with Gasteiger partial charge in [0.1, 0.15) is 5.75 Å². The van der Waals surface area contributed by atoms with Gasteiger partial charge in [-0.25, -0.2) is 12.7 Å². The fourth-order valence-corrected chi connectivity index (χ4v) is 3.24. The topological polar surface area (TPSA) is 72.6 Å². The van der Waals surface area contributed by atoms with E-state index in [1.807, 2.05) is 20.8 Å². The molecule has 1 aromatic carbocycles. The van der Waals surface area contributed by atoms with E-state index in [0.29, 0.717) is 18.0 Å². The quantitative estimate of drug-likeness (QED) is 0.859. The van der Waals surface area contributed by atoms with E-state index >= 15 is 0 Å². The zero-order valence-electron chi connectivity index (χ0n) is 12.1. The van der Waals surface area contributed by atoms with Crippen LogP contribution in [0.4, 0.5) is 5.69 Å². The largest absolute Gasteiger partial charge is 0.495 e. The van der Waals surface area contributed by atoms with Crippen molar-refractivity contribution in [1.82, 2.24) is 4.31 Å². The standard InChI is InChI=1S/C13H22N2O3S/c1-13(2,3)9-15(4)19(16,17)10-6-7-12(18-5)11(14)8-10/h6-8H,9,14H2,1-5H3. The van der Waals surface area contributed by atoms with Crippen molar-refractivity contribution in [2.75, 3.05) is 26.4 Å². The smallest absolute Gasteiger partial charge is 0.242 e. The molecule has 0 aliphatic heterocycles. The average Bonchev–Trinajstić information content (AvgIpc) is 2.26. The normalized spacial score (nSPS) is 12.7. The average molecular weight is 286 g/mol. The van der Waals surface area contributed by atoms with Crippen LogP contribution >= 0.6 is 0 Å². The maximum absolute atomic E-state index is 12.4. The lowest BCUT2D eigenvalue weighted by molar-refractivity contribution is 0.311. The maximum Gasteiger partial charge on any atom is 0.242 e. The van der Waals surface area contributed by atoms with Crippen LogP contribution in [0.3, 0.4) is 0 Å². The zero-order chi connectivity index (χ0) is 14.8. The number of sulfonamides is 1. The van der Waals surface area contributed by atoms with E-state index in [1.165, 1.54) is 23.5 Å². The molecule has 0 fully saturated rings. The second-order valence-corrected chi connectivity index (χ2v) is 7.77. The van der Waals surface area contributed by atoms with Gasteiger partial charge >= 0.3 is 0 Å². The predicted molar refractivity (Wildman–Crippen MR) is 76.7 cm³/mol. The van der Waals surface area contributed by atoms with Gasteiger partial charge in [-0.1, -0.05) is 20.8 Å². The summed E-state index contributed by atoms with van der Waals surface area (Å²) in [6.07, 6.45) is 0. The molecule has 19 heavy (non-hydrogen) atoms. The molecule has 0 heterocycles. The molecule has 108 valence electrons. The Morgan fingerprint density at radius 3 is 2.32 bits per heavy atom. The van der Waals surface area contributed by atoms with Gasteiger partial charge in [0, 0.05) is 13.6 Å². The van der Waals surface area contributed by atoms with E-state index in [4.69, 9.17) is 10.5 Å². The summed E-state index contributed by atoms with van der Waals surface area (Å²) in [5.74, 6) is 0.470. The highest BCUT2D eigenvalue weighted by atomic mass is 32.2. The first-order valence-electron chi connectivity index (χ1n) is 5.98. The van der Waals surface area contributed by atoms with Crippen LogP contribution in [0.5, 0.6) is 5.75 Å². The van der Waals surface area contributed by atoms with Gasteiger partial charge in [0.05, 0.1) is 17.7 Å². The van der Waals surface area contributed by atoms with Crippen molar-refractivity contribution in [3.63, 3.8) is 0 Å². The van der Waals surface area contributed by atoms with Crippen molar-refractivity contribution in [2.45, 2.75) is 25.7 Å². The van der Waals surface area contributed by atoms with Crippen LogP contribution in [0.2, 0.25) is 0 Å². The Kier molecular flexibility index (Phi) is 4.47. The molecule has 0 spiro atoms. The summed E-state index contributed by atoms with van der Waals surface area (Å²) in [4.78, 5) is 0.178. The van der Waals surface area contributed by atoms with Crippen LogP contribution in [0.25, 0.3) is 0 Å². The van der Waals surface area contributed by atoms with Crippen molar-refractivity contribution in [3.8, 4) is 5.75 Å². The van der Waals surface area contributed by atoms with Gasteiger partial charge in [0.2, 0.25) is 10.0 Å². The molecule has 0 amide bonds. The molecule has 0 aliphatic carbocycles. The number of nitrogens with two attached hydrogens (primary N) is 1. The number of methoxy groups -OCH3 is 1. The van der Waals surface area contributed by atoms with E-state index in [2.05, 4.69) is 0 Å². The van der Waals surface area contributed by atoms with Gasteiger partial charge < -0.3 is 10.5 Å². The lowest BCUT2D eigenvalue weighted by Crippen LogP contribution is -2.34. The van der Waals surface area contributed by atoms with E-state index in [1.54, 1.807) is 13.1 Å². The van der Waals surface area contributed by atoms with Crippen LogP contribution in [-0.4, -0.2) is 33.4 Å². The first kappa shape index (κ1) is 15.8. The zero-order valence-corrected chi connectivity index (χ0v) is 12.9. The maximum atomic E-state index is 12.4. The monoisotopic (exact) mass is 286 g/mol. The molecule has 1 aromatic rings. The number of nitrogen functional groups attached to an aromatic ring is 1. The number of hydrogen-bond donors (Lipinski definition) is 1. The molecule has 2 N–H and O–H groups in total. The Hall–Kier alpha value is -1.27. The lowest BCUT2D eigenvalue weighted by Gasteiger charge is -2.26. The Bertz CT molecular complexity index is 547. The molecule has 0 saturated heterocycles. The summed E-state index contributed by atoms with van der Waals surface area (Å²) < 4.78 is 31.1. The Morgan fingerprint density at radius 2 is 1.89 bits per heavy atom. The van der Waals surface area contributed by atoms with Crippen molar-refractivity contribution in [2.24, 2.45) is 5.41 Å². The molecule has 0 saturated carbocycles. The lowest BCUT2D eigenvalue weighted by atomic mass is 9.97. The van der Waals surface area contributed by atoms with Crippen LogP contribution in [0.1, 0.15) is 20.8 Å². The first-order chi connectivity index (χ1) is 8.58. The third-order valence-electron chi connectivity index (χ3n) is 2.61. The van der Waals surface area contributed by atoms with Crippen LogP contribution < -0.4 is 10.5 Å². The van der Waals surface area contributed by atoms with E-state index < -0.39 is 10.0 Å². The van der Waals surface area contributed by atoms with Crippen LogP contribution in [0.15, 0.2) is 23.1 Å². The molecular formula is C13H22N2O3S. The van der Waals surface area contributed by atoms with E-state index in [-0.39, 0.29) is 10.3 Å². The van der Waals surface area contributed by atoms with Crippen molar-refractivity contribution >= 4 is 15.7 Å². The number of rotatable bonds is 4. The first-order valence-corrected chi connectivity index (χ1v) is 7.42. The number of anilines is 1. The molecule has 1 rings (SSSR count). The molecule has 0 bridgehead atoms. The highest BCUT2D eigenvalue weighted by Gasteiger charge is 2.25. The van der Waals surface area contributed by atoms with Crippen LogP contribution in [0, 0.1) is 5.41 Å². The summed E-state index contributed by atoms with van der Waals surface area (Å²) in [5.41, 5.74) is 5.95. The molecule has 5 nitrogen and oxygen atoms in total. The van der Waals surface area contributed by atoms with Crippen molar-refractivity contribution in [3.05, 3.63) is 18.2 Å². The minimum atomic E-state index is -3.52. The fraction of sp³-hybridized carbons (Fsp3) is 0.538. The summed E-state index contributed by atoms with van der Waals surface area (Å²) in [7, 11) is -0.460. The van der Waals surface area contributed by atoms with Gasteiger partial charge in [-0.05, 0) is 23.6 Å². The highest BCUT2D eigenvalue weighted by Crippen LogP contribution is 2.27. The predicted octanol–water partition coefficient (Wildman–Crippen LogP) is 1.94. The SMILES string of the molecule is COc1ccc(S(=O)(=O)N(C)CC(C)(C)C)cc1N. The molecule has 6 heteroatoms. The van der Waals surface area contributed by atoms with Gasteiger partial charge in [0.25, 0.3) is 0 Å². The Balaban J connectivity index is 3.10. The van der Waals surface area contributed by atoms with E-state index in [9.17, 15) is 8.42 Å². The number of hydrogen-bond acceptors (Lipinski definition) is 4. The molecule has 0 aliphatic rings. The second kappa shape index (κ2) is 5.38. The minimum absolute atomic E-state index is 0.111. The molecular weight excluding hydrogens is 264 g/mol. The van der Waals surface area contributed by atoms with Gasteiger partial charge in [-0.3, -0.25) is 0 Å². The van der Waals surface area contributed by atoms with Gasteiger partial charge in [-0.2, -0.15) is 0 Å². The van der Waals surface area contributed by atoms with Gasteiger partial charge in [0.15, 0.2) is 0 Å². The number of benzene rings is 1. The minimum Gasteiger partial charge on any atom is -0.495 e. The number of nitrogens with zero attached hydrogens (tertiary/aromatic N) is 1. The Labute approximate surface area is 115 Å². The second-order valence-electron chi connectivity index (χ2n) is 5.73. The summed E-state index contributed by atoms with van der Waals surface area (Å²) in [6, 6.07) is 4.49.